The average molecular weight is 655 g/mol. The van der Waals surface area contributed by atoms with Crippen LogP contribution < -0.4 is 4.74 Å². The second-order valence-electron chi connectivity index (χ2n) is 12.7. The fraction of sp³-hybridized carbons (Fsp3) is 0. The molecule has 6 aromatic carbocycles. The molecule has 5 nitrogen and oxygen atoms in total. The first kappa shape index (κ1) is 29.0. The van der Waals surface area contributed by atoms with E-state index >= 15 is 0 Å². The Hall–Kier alpha value is -6.98. The molecule has 0 bridgehead atoms. The largest absolute Gasteiger partial charge is 0.439 e. The van der Waals surface area contributed by atoms with Gasteiger partial charge in [-0.25, -0.2) is 9.97 Å². The zero-order valence-electron chi connectivity index (χ0n) is 27.5. The van der Waals surface area contributed by atoms with Gasteiger partial charge in [0.25, 0.3) is 0 Å². The van der Waals surface area contributed by atoms with Crippen LogP contribution in [0.3, 0.4) is 0 Å². The van der Waals surface area contributed by atoms with Gasteiger partial charge in [-0.2, -0.15) is 0 Å². The predicted molar refractivity (Wildman–Crippen MR) is 208 cm³/mol. The highest BCUT2D eigenvalue weighted by Crippen LogP contribution is 2.41. The molecule has 0 saturated carbocycles. The van der Waals surface area contributed by atoms with E-state index in [-0.39, 0.29) is 0 Å². The van der Waals surface area contributed by atoms with Crippen molar-refractivity contribution in [1.82, 2.24) is 19.1 Å². The SMILES string of the molecule is c1ccc(-c2ccnc(-n3c4ccccc4c4cc5c6ccc(-c7ccccc7)cc6n(-c6cccc(Oc7ccccn7)c6)c5cc43)c2)cc1. The smallest absolute Gasteiger partial charge is 0.219 e. The van der Waals surface area contributed by atoms with Gasteiger partial charge in [0.1, 0.15) is 11.6 Å². The Morgan fingerprint density at radius 1 is 0.373 bits per heavy atom. The Kier molecular flexibility index (Phi) is 6.74. The van der Waals surface area contributed by atoms with Gasteiger partial charge >= 0.3 is 0 Å². The van der Waals surface area contributed by atoms with E-state index in [0.29, 0.717) is 5.88 Å². The number of pyridine rings is 2. The third kappa shape index (κ3) is 4.94. The number of benzene rings is 6. The first-order valence-corrected chi connectivity index (χ1v) is 17.1. The molecule has 240 valence electrons. The van der Waals surface area contributed by atoms with Crippen LogP contribution in [-0.2, 0) is 0 Å². The number of hydrogen-bond donors (Lipinski definition) is 0. The summed E-state index contributed by atoms with van der Waals surface area (Å²) in [5, 5.41) is 4.74. The minimum Gasteiger partial charge on any atom is -0.439 e. The molecule has 5 heteroatoms. The summed E-state index contributed by atoms with van der Waals surface area (Å²) in [6.07, 6.45) is 3.65. The molecule has 0 radical (unpaired) electrons. The molecule has 10 aromatic rings. The lowest BCUT2D eigenvalue weighted by Crippen LogP contribution is -1.98. The lowest BCUT2D eigenvalue weighted by molar-refractivity contribution is 0.463. The highest BCUT2D eigenvalue weighted by atomic mass is 16.5. The van der Waals surface area contributed by atoms with E-state index in [4.69, 9.17) is 9.72 Å². The Morgan fingerprint density at radius 3 is 1.84 bits per heavy atom. The van der Waals surface area contributed by atoms with E-state index in [1.807, 2.05) is 42.6 Å². The van der Waals surface area contributed by atoms with Gasteiger partial charge < -0.3 is 9.30 Å². The number of aromatic nitrogens is 4. The van der Waals surface area contributed by atoms with Gasteiger partial charge in [0.2, 0.25) is 5.88 Å². The van der Waals surface area contributed by atoms with E-state index in [0.717, 1.165) is 56.0 Å². The van der Waals surface area contributed by atoms with Crippen molar-refractivity contribution >= 4 is 43.6 Å². The third-order valence-electron chi connectivity index (χ3n) is 9.68. The molecule has 0 N–H and O–H groups in total. The van der Waals surface area contributed by atoms with E-state index in [2.05, 4.69) is 148 Å². The summed E-state index contributed by atoms with van der Waals surface area (Å²) in [6, 6.07) is 59.4. The number of nitrogens with zero attached hydrogens (tertiary/aromatic N) is 4. The van der Waals surface area contributed by atoms with Gasteiger partial charge in [-0.15, -0.1) is 0 Å². The molecule has 0 atom stereocenters. The molecule has 0 spiro atoms. The van der Waals surface area contributed by atoms with Crippen LogP contribution >= 0.6 is 0 Å². The third-order valence-corrected chi connectivity index (χ3v) is 9.68. The van der Waals surface area contributed by atoms with Crippen LogP contribution in [0.2, 0.25) is 0 Å². The molecule has 4 aromatic heterocycles. The Bertz CT molecular complexity index is 2870. The standard InChI is InChI=1S/C46H30N4O/c1-3-12-31(13-4-1)33-21-22-38-40-29-39-37-18-7-8-19-41(37)50(45-27-34(23-25-47-45)32-14-5-2-6-15-32)44(39)30-43(40)49(42(38)26-33)35-16-11-17-36(28-35)51-46-20-9-10-24-48-46/h1-30H. The van der Waals surface area contributed by atoms with E-state index in [1.165, 1.54) is 27.1 Å². The molecular weight excluding hydrogens is 625 g/mol. The second-order valence-corrected chi connectivity index (χ2v) is 12.7. The van der Waals surface area contributed by atoms with Crippen LogP contribution in [0.15, 0.2) is 182 Å². The summed E-state index contributed by atoms with van der Waals surface area (Å²) in [5.41, 5.74) is 10.0. The molecule has 0 aliphatic carbocycles. The van der Waals surface area contributed by atoms with Gasteiger partial charge in [0.05, 0.1) is 22.1 Å². The molecule has 0 amide bonds. The Labute approximate surface area is 294 Å². The maximum absolute atomic E-state index is 6.23. The molecule has 0 saturated heterocycles. The van der Waals surface area contributed by atoms with Crippen molar-refractivity contribution in [2.45, 2.75) is 0 Å². The van der Waals surface area contributed by atoms with Crippen molar-refractivity contribution in [3.63, 3.8) is 0 Å². The number of para-hydroxylation sites is 1. The average Bonchev–Trinajstić information content (AvgIpc) is 3.69. The van der Waals surface area contributed by atoms with Gasteiger partial charge in [-0.05, 0) is 76.9 Å². The predicted octanol–water partition coefficient (Wildman–Crippen LogP) is 11.8. The first-order valence-electron chi connectivity index (χ1n) is 17.1. The van der Waals surface area contributed by atoms with Crippen molar-refractivity contribution in [2.75, 3.05) is 0 Å². The van der Waals surface area contributed by atoms with Crippen LogP contribution in [0, 0.1) is 0 Å². The molecular formula is C46H30N4O. The second kappa shape index (κ2) is 11.9. The summed E-state index contributed by atoms with van der Waals surface area (Å²) in [4.78, 5) is 9.33. The van der Waals surface area contributed by atoms with Crippen molar-refractivity contribution in [1.29, 1.82) is 0 Å². The molecule has 0 aliphatic heterocycles. The van der Waals surface area contributed by atoms with E-state index < -0.39 is 0 Å². The monoisotopic (exact) mass is 654 g/mol. The highest BCUT2D eigenvalue weighted by molar-refractivity contribution is 6.19. The minimum absolute atomic E-state index is 0.555. The van der Waals surface area contributed by atoms with E-state index in [9.17, 15) is 0 Å². The van der Waals surface area contributed by atoms with Crippen molar-refractivity contribution in [2.24, 2.45) is 0 Å². The quantitative estimate of drug-likeness (QED) is 0.179. The van der Waals surface area contributed by atoms with Crippen LogP contribution in [-0.4, -0.2) is 19.1 Å². The van der Waals surface area contributed by atoms with Crippen LogP contribution in [0.25, 0.3) is 77.4 Å². The van der Waals surface area contributed by atoms with Gasteiger partial charge in [-0.1, -0.05) is 103 Å². The number of rotatable bonds is 6. The van der Waals surface area contributed by atoms with Crippen molar-refractivity contribution < 1.29 is 4.74 Å². The zero-order valence-corrected chi connectivity index (χ0v) is 27.5. The summed E-state index contributed by atoms with van der Waals surface area (Å²) in [5.74, 6) is 2.15. The molecule has 51 heavy (non-hydrogen) atoms. The molecule has 4 heterocycles. The van der Waals surface area contributed by atoms with Crippen LogP contribution in [0.5, 0.6) is 11.6 Å². The zero-order chi connectivity index (χ0) is 33.7. The van der Waals surface area contributed by atoms with Crippen molar-refractivity contribution in [3.05, 3.63) is 182 Å². The maximum Gasteiger partial charge on any atom is 0.219 e. The summed E-state index contributed by atoms with van der Waals surface area (Å²) in [6.45, 7) is 0. The fourth-order valence-corrected chi connectivity index (χ4v) is 7.38. The Morgan fingerprint density at radius 2 is 1.06 bits per heavy atom. The topological polar surface area (TPSA) is 44.9 Å². The van der Waals surface area contributed by atoms with Crippen LogP contribution in [0.1, 0.15) is 0 Å². The van der Waals surface area contributed by atoms with Gasteiger partial charge in [-0.3, -0.25) is 4.57 Å². The summed E-state index contributed by atoms with van der Waals surface area (Å²) in [7, 11) is 0. The van der Waals surface area contributed by atoms with E-state index in [1.54, 1.807) is 6.20 Å². The first-order chi connectivity index (χ1) is 25.3. The maximum atomic E-state index is 6.23. The molecule has 10 rings (SSSR count). The van der Waals surface area contributed by atoms with Gasteiger partial charge in [0.15, 0.2) is 0 Å². The lowest BCUT2D eigenvalue weighted by Gasteiger charge is -2.12. The number of hydrogen-bond acceptors (Lipinski definition) is 3. The number of ether oxygens (including phenoxy) is 1. The number of fused-ring (bicyclic) bond motifs is 6. The lowest BCUT2D eigenvalue weighted by atomic mass is 10.0. The fourth-order valence-electron chi connectivity index (χ4n) is 7.38. The normalized spacial score (nSPS) is 11.5. The molecule has 0 fully saturated rings. The summed E-state index contributed by atoms with van der Waals surface area (Å²) < 4.78 is 10.9. The summed E-state index contributed by atoms with van der Waals surface area (Å²) >= 11 is 0. The minimum atomic E-state index is 0.555. The highest BCUT2D eigenvalue weighted by Gasteiger charge is 2.20. The molecule has 0 aliphatic rings. The Balaban J connectivity index is 1.26. The molecule has 0 unspecified atom stereocenters. The van der Waals surface area contributed by atoms with Crippen LogP contribution in [0.4, 0.5) is 0 Å². The van der Waals surface area contributed by atoms with Crippen molar-refractivity contribution in [3.8, 4) is 45.4 Å². The van der Waals surface area contributed by atoms with Gasteiger partial charge in [0, 0.05) is 51.8 Å².